The van der Waals surface area contributed by atoms with E-state index in [2.05, 4.69) is 12.2 Å². The van der Waals surface area contributed by atoms with Crippen LogP contribution in [0.1, 0.15) is 51.1 Å². The first kappa shape index (κ1) is 14.1. The number of piperazine rings is 1. The fraction of sp³-hybridized carbons (Fsp3) is 0.529. The van der Waals surface area contributed by atoms with Crippen molar-refractivity contribution in [2.75, 3.05) is 0 Å². The highest BCUT2D eigenvalue weighted by molar-refractivity contribution is 5.98. The molecule has 2 unspecified atom stereocenters. The second-order valence-corrected chi connectivity index (χ2v) is 6.34. The van der Waals surface area contributed by atoms with Crippen LogP contribution in [0.2, 0.25) is 0 Å². The molecule has 2 aliphatic rings. The Labute approximate surface area is 125 Å². The van der Waals surface area contributed by atoms with Crippen molar-refractivity contribution in [2.45, 2.75) is 57.2 Å². The highest BCUT2D eigenvalue weighted by Gasteiger charge is 2.50. The zero-order valence-electron chi connectivity index (χ0n) is 12.6. The van der Waals surface area contributed by atoms with Crippen LogP contribution in [0.3, 0.4) is 0 Å². The summed E-state index contributed by atoms with van der Waals surface area (Å²) in [6, 6.07) is 8.64. The van der Waals surface area contributed by atoms with Crippen LogP contribution in [0.5, 0.6) is 0 Å². The first-order chi connectivity index (χ1) is 10.1. The maximum Gasteiger partial charge on any atom is 0.250 e. The first-order valence-electron chi connectivity index (χ1n) is 7.75. The lowest BCUT2D eigenvalue weighted by molar-refractivity contribution is -0.161. The lowest BCUT2D eigenvalue weighted by Crippen LogP contribution is -2.67. The molecule has 21 heavy (non-hydrogen) atoms. The molecule has 4 nitrogen and oxygen atoms in total. The highest BCUT2D eigenvalue weighted by Crippen LogP contribution is 2.41. The van der Waals surface area contributed by atoms with Gasteiger partial charge in [0.15, 0.2) is 0 Å². The Bertz CT molecular complexity index is 551. The van der Waals surface area contributed by atoms with Crippen molar-refractivity contribution in [2.24, 2.45) is 0 Å². The van der Waals surface area contributed by atoms with E-state index in [1.807, 2.05) is 42.2 Å². The van der Waals surface area contributed by atoms with Gasteiger partial charge in [-0.25, -0.2) is 0 Å². The van der Waals surface area contributed by atoms with Crippen molar-refractivity contribution in [1.29, 1.82) is 0 Å². The summed E-state index contributed by atoms with van der Waals surface area (Å²) in [6.07, 6.45) is 3.77. The van der Waals surface area contributed by atoms with Crippen LogP contribution >= 0.6 is 0 Å². The van der Waals surface area contributed by atoms with Crippen molar-refractivity contribution >= 4 is 11.8 Å². The van der Waals surface area contributed by atoms with E-state index in [9.17, 15) is 9.59 Å². The minimum absolute atomic E-state index is 0.0286. The quantitative estimate of drug-likeness (QED) is 0.927. The average molecular weight is 286 g/mol. The second-order valence-electron chi connectivity index (χ2n) is 6.34. The Morgan fingerprint density at radius 2 is 1.90 bits per heavy atom. The summed E-state index contributed by atoms with van der Waals surface area (Å²) in [5.41, 5.74) is 0.709. The van der Waals surface area contributed by atoms with E-state index in [1.54, 1.807) is 0 Å². The fourth-order valence-corrected chi connectivity index (χ4v) is 3.52. The molecule has 1 aliphatic heterocycles. The predicted molar refractivity (Wildman–Crippen MR) is 80.5 cm³/mol. The third kappa shape index (κ3) is 2.23. The molecule has 112 valence electrons. The van der Waals surface area contributed by atoms with Gasteiger partial charge in [-0.2, -0.15) is 0 Å². The predicted octanol–water partition coefficient (Wildman–Crippen LogP) is 2.41. The Hall–Kier alpha value is -1.84. The molecule has 1 saturated heterocycles. The van der Waals surface area contributed by atoms with Gasteiger partial charge in [-0.15, -0.1) is 0 Å². The molecule has 0 spiro atoms. The zero-order chi connectivity index (χ0) is 15.0. The van der Waals surface area contributed by atoms with E-state index in [0.29, 0.717) is 6.42 Å². The molecule has 1 heterocycles. The normalized spacial score (nSPS) is 28.0. The molecule has 2 atom stereocenters. The Morgan fingerprint density at radius 3 is 2.43 bits per heavy atom. The van der Waals surface area contributed by atoms with Crippen molar-refractivity contribution in [3.05, 3.63) is 35.9 Å². The topological polar surface area (TPSA) is 49.4 Å². The van der Waals surface area contributed by atoms with Gasteiger partial charge >= 0.3 is 0 Å². The Kier molecular flexibility index (Phi) is 3.47. The van der Waals surface area contributed by atoms with Crippen LogP contribution in [0.15, 0.2) is 30.3 Å². The van der Waals surface area contributed by atoms with Crippen molar-refractivity contribution in [3.63, 3.8) is 0 Å². The molecule has 2 fully saturated rings. The molecule has 1 aromatic carbocycles. The van der Waals surface area contributed by atoms with E-state index in [4.69, 9.17) is 0 Å². The average Bonchev–Trinajstić information content (AvgIpc) is 2.47. The van der Waals surface area contributed by atoms with Gasteiger partial charge in [0, 0.05) is 5.54 Å². The summed E-state index contributed by atoms with van der Waals surface area (Å²) in [5, 5.41) is 2.90. The largest absolute Gasteiger partial charge is 0.339 e. The summed E-state index contributed by atoms with van der Waals surface area (Å²) in [4.78, 5) is 27.3. The lowest BCUT2D eigenvalue weighted by Gasteiger charge is -2.53. The molecule has 3 rings (SSSR count). The number of amides is 2. The highest BCUT2D eigenvalue weighted by atomic mass is 16.2. The van der Waals surface area contributed by atoms with E-state index in [0.717, 1.165) is 24.8 Å². The maximum absolute atomic E-state index is 13.0. The van der Waals surface area contributed by atoms with E-state index in [-0.39, 0.29) is 23.4 Å². The van der Waals surface area contributed by atoms with Gasteiger partial charge in [-0.1, -0.05) is 37.3 Å². The molecule has 1 N–H and O–H groups in total. The molecular formula is C17H22N2O2. The number of hydrogen-bond acceptors (Lipinski definition) is 2. The van der Waals surface area contributed by atoms with Crippen LogP contribution < -0.4 is 5.32 Å². The first-order valence-corrected chi connectivity index (χ1v) is 7.75. The number of carbonyl (C=O) groups excluding carboxylic acids is 2. The monoisotopic (exact) mass is 286 g/mol. The third-order valence-corrected chi connectivity index (χ3v) is 4.92. The van der Waals surface area contributed by atoms with E-state index < -0.39 is 6.04 Å². The number of nitrogens with one attached hydrogen (secondary N) is 1. The van der Waals surface area contributed by atoms with Crippen LogP contribution in [0, 0.1) is 0 Å². The van der Waals surface area contributed by atoms with Gasteiger partial charge in [0.2, 0.25) is 5.91 Å². The summed E-state index contributed by atoms with van der Waals surface area (Å²) in [7, 11) is 0. The van der Waals surface area contributed by atoms with Gasteiger partial charge in [-0.3, -0.25) is 9.59 Å². The molecule has 0 bridgehead atoms. The number of rotatable bonds is 3. The fourth-order valence-electron chi connectivity index (χ4n) is 3.52. The van der Waals surface area contributed by atoms with Gasteiger partial charge in [0.1, 0.15) is 12.1 Å². The molecule has 4 heteroatoms. The van der Waals surface area contributed by atoms with Crippen LogP contribution in [0.25, 0.3) is 0 Å². The summed E-state index contributed by atoms with van der Waals surface area (Å²) in [5.74, 6) is 0.00827. The smallest absolute Gasteiger partial charge is 0.250 e. The van der Waals surface area contributed by atoms with Crippen LogP contribution in [-0.4, -0.2) is 28.3 Å². The third-order valence-electron chi connectivity index (χ3n) is 4.92. The number of benzene rings is 1. The summed E-state index contributed by atoms with van der Waals surface area (Å²) in [6.45, 7) is 4.08. The minimum Gasteiger partial charge on any atom is -0.339 e. The summed E-state index contributed by atoms with van der Waals surface area (Å²) >= 11 is 0. The number of hydrogen-bond donors (Lipinski definition) is 1. The SMILES string of the molecule is CCC1C(=O)NC(c2ccccc2)C(=O)N1C1(C)CCC1. The Morgan fingerprint density at radius 1 is 1.24 bits per heavy atom. The van der Waals surface area contributed by atoms with Crippen LogP contribution in [-0.2, 0) is 9.59 Å². The van der Waals surface area contributed by atoms with Crippen LogP contribution in [0.4, 0.5) is 0 Å². The zero-order valence-corrected chi connectivity index (χ0v) is 12.6. The second kappa shape index (κ2) is 5.17. The maximum atomic E-state index is 13.0. The summed E-state index contributed by atoms with van der Waals surface area (Å²) < 4.78 is 0. The van der Waals surface area contributed by atoms with Gasteiger partial charge in [0.25, 0.3) is 5.91 Å². The molecule has 1 aromatic rings. The number of carbonyl (C=O) groups is 2. The lowest BCUT2D eigenvalue weighted by atomic mass is 9.75. The number of nitrogens with zero attached hydrogens (tertiary/aromatic N) is 1. The molecule has 0 aromatic heterocycles. The molecule has 0 radical (unpaired) electrons. The van der Waals surface area contributed by atoms with E-state index >= 15 is 0 Å². The Balaban J connectivity index is 1.96. The molecular weight excluding hydrogens is 264 g/mol. The van der Waals surface area contributed by atoms with Gasteiger partial charge in [-0.05, 0) is 38.2 Å². The van der Waals surface area contributed by atoms with Crippen molar-refractivity contribution in [1.82, 2.24) is 10.2 Å². The molecule has 1 saturated carbocycles. The van der Waals surface area contributed by atoms with E-state index in [1.165, 1.54) is 0 Å². The molecule has 1 aliphatic carbocycles. The standard InChI is InChI=1S/C17H22N2O2/c1-3-13-15(20)18-14(12-8-5-4-6-9-12)16(21)19(13)17(2)10-7-11-17/h4-6,8-9,13-14H,3,7,10-11H2,1-2H3,(H,18,20). The van der Waals surface area contributed by atoms with Crippen molar-refractivity contribution < 1.29 is 9.59 Å². The van der Waals surface area contributed by atoms with Gasteiger partial charge in [0.05, 0.1) is 0 Å². The molecule has 2 amide bonds. The van der Waals surface area contributed by atoms with Gasteiger partial charge < -0.3 is 10.2 Å². The van der Waals surface area contributed by atoms with Crippen molar-refractivity contribution in [3.8, 4) is 0 Å². The minimum atomic E-state index is -0.543.